The highest BCUT2D eigenvalue weighted by Crippen LogP contribution is 2.34. The van der Waals surface area contributed by atoms with Gasteiger partial charge in [-0.3, -0.25) is 0 Å². The van der Waals surface area contributed by atoms with Crippen molar-refractivity contribution in [1.82, 2.24) is 4.90 Å². The topological polar surface area (TPSA) is 37.2 Å². The van der Waals surface area contributed by atoms with E-state index in [9.17, 15) is 8.78 Å². The maximum atomic E-state index is 14.7. The van der Waals surface area contributed by atoms with Crippen LogP contribution in [0, 0.1) is 18.6 Å². The molecule has 0 radical (unpaired) electrons. The lowest BCUT2D eigenvalue weighted by Gasteiger charge is -2.14. The Balaban J connectivity index is 1.82. The molecule has 1 heterocycles. The molecule has 0 saturated carbocycles. The van der Waals surface area contributed by atoms with Gasteiger partial charge in [0.15, 0.2) is 6.10 Å². The molecule has 136 valence electrons. The van der Waals surface area contributed by atoms with E-state index in [0.717, 1.165) is 17.0 Å². The molecule has 3 rings (SSSR count). The number of aryl methyl sites for hydroxylation is 1. The first-order valence-electron chi connectivity index (χ1n) is 8.36. The standard InChI is InChI=1S/C20H21F2N3O/c1-12-9-16(17(22)10-18(12)23-13(2)25(3)4)20-11-19(24-26-20)14-5-7-15(21)8-6-14/h5-10,20H,11H2,1-4H3/b23-13+. The van der Waals surface area contributed by atoms with Crippen LogP contribution in [0.3, 0.4) is 0 Å². The van der Waals surface area contributed by atoms with Crippen LogP contribution < -0.4 is 0 Å². The van der Waals surface area contributed by atoms with Crippen molar-refractivity contribution in [2.75, 3.05) is 14.1 Å². The molecule has 2 aromatic carbocycles. The Kier molecular flexibility index (Phi) is 5.02. The van der Waals surface area contributed by atoms with Crippen molar-refractivity contribution in [2.24, 2.45) is 10.1 Å². The fourth-order valence-corrected chi connectivity index (χ4v) is 2.69. The average Bonchev–Trinajstić information content (AvgIpc) is 3.08. The minimum atomic E-state index is -0.498. The van der Waals surface area contributed by atoms with Gasteiger partial charge in [-0.15, -0.1) is 0 Å². The van der Waals surface area contributed by atoms with Crippen molar-refractivity contribution in [3.05, 3.63) is 64.7 Å². The zero-order valence-corrected chi connectivity index (χ0v) is 15.3. The molecule has 4 nitrogen and oxygen atoms in total. The van der Waals surface area contributed by atoms with Gasteiger partial charge in [-0.05, 0) is 43.2 Å². The largest absolute Gasteiger partial charge is 0.387 e. The average molecular weight is 357 g/mol. The van der Waals surface area contributed by atoms with Crippen molar-refractivity contribution >= 4 is 17.2 Å². The number of hydrogen-bond donors (Lipinski definition) is 0. The minimum absolute atomic E-state index is 0.310. The summed E-state index contributed by atoms with van der Waals surface area (Å²) in [6.45, 7) is 3.76. The van der Waals surface area contributed by atoms with Crippen molar-refractivity contribution in [3.8, 4) is 0 Å². The van der Waals surface area contributed by atoms with Crippen LogP contribution in [0.2, 0.25) is 0 Å². The summed E-state index contributed by atoms with van der Waals surface area (Å²) in [5, 5.41) is 4.05. The fourth-order valence-electron chi connectivity index (χ4n) is 2.69. The molecule has 0 saturated heterocycles. The van der Waals surface area contributed by atoms with E-state index >= 15 is 0 Å². The number of amidine groups is 1. The molecule has 26 heavy (non-hydrogen) atoms. The number of aliphatic imine (C=N–C) groups is 1. The van der Waals surface area contributed by atoms with Crippen LogP contribution >= 0.6 is 0 Å². The Hall–Kier alpha value is -2.76. The normalized spacial score (nSPS) is 17.1. The third-order valence-corrected chi connectivity index (χ3v) is 4.44. The van der Waals surface area contributed by atoms with E-state index in [4.69, 9.17) is 4.84 Å². The minimum Gasteiger partial charge on any atom is -0.387 e. The second kappa shape index (κ2) is 7.23. The van der Waals surface area contributed by atoms with Crippen LogP contribution in [0.25, 0.3) is 0 Å². The van der Waals surface area contributed by atoms with E-state index in [-0.39, 0.29) is 11.6 Å². The summed E-state index contributed by atoms with van der Waals surface area (Å²) in [5.74, 6) is 0.108. The summed E-state index contributed by atoms with van der Waals surface area (Å²) in [5.41, 5.74) is 3.35. The van der Waals surface area contributed by atoms with Gasteiger partial charge in [0.25, 0.3) is 0 Å². The quantitative estimate of drug-likeness (QED) is 0.587. The van der Waals surface area contributed by atoms with E-state index in [1.54, 1.807) is 18.2 Å². The van der Waals surface area contributed by atoms with Gasteiger partial charge in [0, 0.05) is 32.1 Å². The summed E-state index contributed by atoms with van der Waals surface area (Å²) >= 11 is 0. The molecule has 0 fully saturated rings. The van der Waals surface area contributed by atoms with Crippen molar-refractivity contribution in [3.63, 3.8) is 0 Å². The second-order valence-corrected chi connectivity index (χ2v) is 6.56. The molecule has 6 heteroatoms. The monoisotopic (exact) mass is 357 g/mol. The first-order chi connectivity index (χ1) is 12.3. The van der Waals surface area contributed by atoms with Gasteiger partial charge in [-0.25, -0.2) is 13.8 Å². The third kappa shape index (κ3) is 3.74. The molecule has 0 aliphatic carbocycles. The first-order valence-corrected chi connectivity index (χ1v) is 8.36. The van der Waals surface area contributed by atoms with Gasteiger partial charge in [0.1, 0.15) is 17.5 Å². The molecule has 1 aliphatic rings. The smallest absolute Gasteiger partial charge is 0.161 e. The van der Waals surface area contributed by atoms with Crippen LogP contribution in [0.5, 0.6) is 0 Å². The SMILES string of the molecule is C/C(=N\c1cc(F)c(C2CC(c3ccc(F)cc3)=NO2)cc1C)N(C)C. The highest BCUT2D eigenvalue weighted by atomic mass is 19.1. The Bertz CT molecular complexity index is 873. The van der Waals surface area contributed by atoms with Gasteiger partial charge < -0.3 is 9.74 Å². The first kappa shape index (κ1) is 18.0. The lowest BCUT2D eigenvalue weighted by Crippen LogP contribution is -2.17. The van der Waals surface area contributed by atoms with E-state index < -0.39 is 6.10 Å². The number of benzene rings is 2. The van der Waals surface area contributed by atoms with Crippen LogP contribution in [0.1, 0.15) is 36.1 Å². The molecule has 0 spiro atoms. The molecular weight excluding hydrogens is 336 g/mol. The van der Waals surface area contributed by atoms with Gasteiger partial charge in [-0.1, -0.05) is 17.3 Å². The Morgan fingerprint density at radius 1 is 1.19 bits per heavy atom. The third-order valence-electron chi connectivity index (χ3n) is 4.44. The highest BCUT2D eigenvalue weighted by Gasteiger charge is 2.27. The number of oxime groups is 1. The summed E-state index contributed by atoms with van der Waals surface area (Å²) < 4.78 is 27.7. The van der Waals surface area contributed by atoms with Crippen molar-refractivity contribution in [1.29, 1.82) is 0 Å². The van der Waals surface area contributed by atoms with Crippen molar-refractivity contribution < 1.29 is 13.6 Å². The van der Waals surface area contributed by atoms with E-state index in [1.165, 1.54) is 18.2 Å². The fraction of sp³-hybridized carbons (Fsp3) is 0.300. The zero-order chi connectivity index (χ0) is 18.8. The second-order valence-electron chi connectivity index (χ2n) is 6.56. The predicted molar refractivity (Wildman–Crippen MR) is 99.0 cm³/mol. The maximum Gasteiger partial charge on any atom is 0.161 e. The van der Waals surface area contributed by atoms with E-state index in [1.807, 2.05) is 32.8 Å². The summed E-state index contributed by atoms with van der Waals surface area (Å²) in [7, 11) is 3.78. The molecule has 0 amide bonds. The lowest BCUT2D eigenvalue weighted by molar-refractivity contribution is 0.0829. The highest BCUT2D eigenvalue weighted by molar-refractivity contribution is 6.01. The van der Waals surface area contributed by atoms with Gasteiger partial charge in [0.2, 0.25) is 0 Å². The number of halogens is 2. The van der Waals surface area contributed by atoms with Crippen LogP contribution in [0.15, 0.2) is 46.5 Å². The molecule has 0 aromatic heterocycles. The number of rotatable bonds is 3. The lowest BCUT2D eigenvalue weighted by atomic mass is 9.98. The van der Waals surface area contributed by atoms with Gasteiger partial charge in [0.05, 0.1) is 11.4 Å². The van der Waals surface area contributed by atoms with Gasteiger partial charge in [-0.2, -0.15) is 0 Å². The molecular formula is C20H21F2N3O. The van der Waals surface area contributed by atoms with Crippen LogP contribution in [-0.2, 0) is 4.84 Å². The molecule has 1 atom stereocenters. The molecule has 0 bridgehead atoms. The summed E-state index contributed by atoms with van der Waals surface area (Å²) in [6, 6.07) is 9.21. The molecule has 1 aliphatic heterocycles. The van der Waals surface area contributed by atoms with E-state index in [0.29, 0.717) is 23.4 Å². The Labute approximate surface area is 151 Å². The maximum absolute atomic E-state index is 14.7. The number of nitrogens with zero attached hydrogens (tertiary/aromatic N) is 3. The van der Waals surface area contributed by atoms with Crippen molar-refractivity contribution in [2.45, 2.75) is 26.4 Å². The summed E-state index contributed by atoms with van der Waals surface area (Å²) in [4.78, 5) is 11.8. The Morgan fingerprint density at radius 2 is 1.88 bits per heavy atom. The number of hydrogen-bond acceptors (Lipinski definition) is 3. The molecule has 0 N–H and O–H groups in total. The molecule has 1 unspecified atom stereocenters. The van der Waals surface area contributed by atoms with Gasteiger partial charge >= 0.3 is 0 Å². The molecule has 2 aromatic rings. The van der Waals surface area contributed by atoms with Crippen LogP contribution in [0.4, 0.5) is 14.5 Å². The Morgan fingerprint density at radius 3 is 2.54 bits per heavy atom. The summed E-state index contributed by atoms with van der Waals surface area (Å²) in [6.07, 6.45) is -0.0665. The van der Waals surface area contributed by atoms with E-state index in [2.05, 4.69) is 10.1 Å². The predicted octanol–water partition coefficient (Wildman–Crippen LogP) is 4.75. The zero-order valence-electron chi connectivity index (χ0n) is 15.3. The van der Waals surface area contributed by atoms with Crippen LogP contribution in [-0.4, -0.2) is 30.5 Å².